The molecule has 0 unspecified atom stereocenters. The van der Waals surface area contributed by atoms with E-state index in [1.54, 1.807) is 18.2 Å². The third kappa shape index (κ3) is 4.39. The van der Waals surface area contributed by atoms with Crippen LogP contribution in [0.15, 0.2) is 42.5 Å². The van der Waals surface area contributed by atoms with Crippen LogP contribution < -0.4 is 15.5 Å². The summed E-state index contributed by atoms with van der Waals surface area (Å²) in [7, 11) is 0. The Labute approximate surface area is 153 Å². The summed E-state index contributed by atoms with van der Waals surface area (Å²) in [5.41, 5.74) is 2.30. The Morgan fingerprint density at radius 1 is 1.00 bits per heavy atom. The highest BCUT2D eigenvalue weighted by Gasteiger charge is 2.24. The van der Waals surface area contributed by atoms with E-state index in [2.05, 4.69) is 34.4 Å². The predicted octanol–water partition coefficient (Wildman–Crippen LogP) is 3.07. The van der Waals surface area contributed by atoms with Gasteiger partial charge in [-0.1, -0.05) is 6.07 Å². The largest absolute Gasteiger partial charge is 0.372 e. The van der Waals surface area contributed by atoms with E-state index in [-0.39, 0.29) is 29.2 Å². The summed E-state index contributed by atoms with van der Waals surface area (Å²) < 4.78 is 0. The molecule has 2 aromatic rings. The number of rotatable bonds is 7. The number of amides is 2. The Morgan fingerprint density at radius 2 is 1.62 bits per heavy atom. The molecular formula is C20H24N4O2. The zero-order valence-electron chi connectivity index (χ0n) is 15.2. The molecule has 1 aliphatic carbocycles. The predicted molar refractivity (Wildman–Crippen MR) is 103 cm³/mol. The molecule has 136 valence electrons. The number of anilines is 2. The maximum Gasteiger partial charge on any atom is 0.274 e. The van der Waals surface area contributed by atoms with Gasteiger partial charge in [-0.2, -0.15) is 0 Å². The van der Waals surface area contributed by atoms with Crippen LogP contribution in [0.2, 0.25) is 0 Å². The average Bonchev–Trinajstić information content (AvgIpc) is 3.48. The second kappa shape index (κ2) is 7.99. The van der Waals surface area contributed by atoms with E-state index >= 15 is 0 Å². The van der Waals surface area contributed by atoms with Gasteiger partial charge in [0.1, 0.15) is 11.4 Å². The summed E-state index contributed by atoms with van der Waals surface area (Å²) in [6, 6.07) is 12.9. The molecule has 0 aliphatic heterocycles. The van der Waals surface area contributed by atoms with E-state index in [4.69, 9.17) is 0 Å². The molecule has 0 saturated heterocycles. The first-order chi connectivity index (χ1) is 12.6. The molecule has 1 aromatic carbocycles. The van der Waals surface area contributed by atoms with Crippen LogP contribution in [0.5, 0.6) is 0 Å². The molecule has 0 radical (unpaired) electrons. The molecule has 3 rings (SSSR count). The second-order valence-electron chi connectivity index (χ2n) is 6.33. The van der Waals surface area contributed by atoms with E-state index < -0.39 is 0 Å². The van der Waals surface area contributed by atoms with Gasteiger partial charge in [0.25, 0.3) is 11.8 Å². The summed E-state index contributed by atoms with van der Waals surface area (Å²) in [5, 5.41) is 5.70. The van der Waals surface area contributed by atoms with Crippen molar-refractivity contribution in [2.24, 2.45) is 0 Å². The molecule has 0 bridgehead atoms. The van der Waals surface area contributed by atoms with E-state index in [9.17, 15) is 9.59 Å². The molecule has 1 aliphatic rings. The van der Waals surface area contributed by atoms with Crippen molar-refractivity contribution < 1.29 is 9.59 Å². The van der Waals surface area contributed by atoms with Crippen LogP contribution in [0.25, 0.3) is 0 Å². The fourth-order valence-corrected chi connectivity index (χ4v) is 2.71. The first-order valence-corrected chi connectivity index (χ1v) is 9.05. The number of benzene rings is 1. The summed E-state index contributed by atoms with van der Waals surface area (Å²) in [4.78, 5) is 30.9. The Bertz CT molecular complexity index is 781. The van der Waals surface area contributed by atoms with Crippen molar-refractivity contribution in [1.82, 2.24) is 10.3 Å². The fraction of sp³-hybridized carbons (Fsp3) is 0.350. The van der Waals surface area contributed by atoms with Gasteiger partial charge < -0.3 is 15.5 Å². The second-order valence-corrected chi connectivity index (χ2v) is 6.33. The van der Waals surface area contributed by atoms with Gasteiger partial charge >= 0.3 is 0 Å². The van der Waals surface area contributed by atoms with E-state index in [1.807, 2.05) is 24.3 Å². The lowest BCUT2D eigenvalue weighted by atomic mass is 10.2. The monoisotopic (exact) mass is 352 g/mol. The number of hydrogen-bond acceptors (Lipinski definition) is 4. The minimum atomic E-state index is -0.332. The van der Waals surface area contributed by atoms with E-state index in [1.165, 1.54) is 0 Å². The van der Waals surface area contributed by atoms with Crippen LogP contribution in [0.3, 0.4) is 0 Å². The number of nitrogens with zero attached hydrogens (tertiary/aromatic N) is 2. The van der Waals surface area contributed by atoms with Crippen molar-refractivity contribution in [2.45, 2.75) is 32.7 Å². The zero-order valence-corrected chi connectivity index (χ0v) is 15.2. The molecule has 1 heterocycles. The molecule has 1 saturated carbocycles. The van der Waals surface area contributed by atoms with Crippen molar-refractivity contribution in [3.8, 4) is 0 Å². The van der Waals surface area contributed by atoms with E-state index in [0.717, 1.165) is 31.6 Å². The summed E-state index contributed by atoms with van der Waals surface area (Å²) in [6.07, 6.45) is 2.02. The minimum Gasteiger partial charge on any atom is -0.372 e. The van der Waals surface area contributed by atoms with Gasteiger partial charge in [-0.3, -0.25) is 9.59 Å². The third-order valence-electron chi connectivity index (χ3n) is 4.38. The SMILES string of the molecule is CCN(CC)c1ccc(NC(=O)c2cccc(C(=O)NC3CC3)n2)cc1. The number of aromatic nitrogens is 1. The molecule has 6 nitrogen and oxygen atoms in total. The van der Waals surface area contributed by atoms with Crippen LogP contribution >= 0.6 is 0 Å². The normalized spacial score (nSPS) is 13.2. The molecule has 0 spiro atoms. The van der Waals surface area contributed by atoms with Crippen LogP contribution in [-0.4, -0.2) is 35.9 Å². The van der Waals surface area contributed by atoms with Crippen molar-refractivity contribution >= 4 is 23.2 Å². The number of pyridine rings is 1. The fourth-order valence-electron chi connectivity index (χ4n) is 2.71. The van der Waals surface area contributed by atoms with Gasteiger partial charge in [0.2, 0.25) is 0 Å². The lowest BCUT2D eigenvalue weighted by molar-refractivity contribution is 0.0946. The average molecular weight is 352 g/mol. The Balaban J connectivity index is 1.66. The number of carbonyl (C=O) groups is 2. The molecule has 1 aromatic heterocycles. The molecule has 26 heavy (non-hydrogen) atoms. The standard InChI is InChI=1S/C20H24N4O2/c1-3-24(4-2)16-12-10-15(11-13-16)22-20(26)18-7-5-6-17(23-18)19(25)21-14-8-9-14/h5-7,10-14H,3-4,8-9H2,1-2H3,(H,21,25)(H,22,26). The van der Waals surface area contributed by atoms with Gasteiger partial charge in [-0.05, 0) is 63.1 Å². The summed E-state index contributed by atoms with van der Waals surface area (Å²) in [6.45, 7) is 6.08. The topological polar surface area (TPSA) is 74.3 Å². The first-order valence-electron chi connectivity index (χ1n) is 9.05. The Hall–Kier alpha value is -2.89. The van der Waals surface area contributed by atoms with Crippen LogP contribution in [-0.2, 0) is 0 Å². The van der Waals surface area contributed by atoms with Crippen molar-refractivity contribution in [3.63, 3.8) is 0 Å². The van der Waals surface area contributed by atoms with Gasteiger partial charge in [0, 0.05) is 30.5 Å². The smallest absolute Gasteiger partial charge is 0.274 e. The highest BCUT2D eigenvalue weighted by atomic mass is 16.2. The Morgan fingerprint density at radius 3 is 2.19 bits per heavy atom. The highest BCUT2D eigenvalue weighted by Crippen LogP contribution is 2.20. The quantitative estimate of drug-likeness (QED) is 0.803. The van der Waals surface area contributed by atoms with Crippen LogP contribution in [0.1, 0.15) is 47.7 Å². The lowest BCUT2D eigenvalue weighted by Gasteiger charge is -2.21. The van der Waals surface area contributed by atoms with E-state index in [0.29, 0.717) is 5.69 Å². The van der Waals surface area contributed by atoms with Gasteiger partial charge in [0.05, 0.1) is 0 Å². The lowest BCUT2D eigenvalue weighted by Crippen LogP contribution is -2.27. The van der Waals surface area contributed by atoms with Crippen molar-refractivity contribution in [1.29, 1.82) is 0 Å². The summed E-state index contributed by atoms with van der Waals surface area (Å²) in [5.74, 6) is -0.563. The Kier molecular flexibility index (Phi) is 5.51. The van der Waals surface area contributed by atoms with Crippen LogP contribution in [0, 0.1) is 0 Å². The zero-order chi connectivity index (χ0) is 18.5. The molecular weight excluding hydrogens is 328 g/mol. The molecule has 1 fully saturated rings. The van der Waals surface area contributed by atoms with Gasteiger partial charge in [-0.25, -0.2) is 4.98 Å². The number of nitrogens with one attached hydrogen (secondary N) is 2. The minimum absolute atomic E-state index is 0.223. The first kappa shape index (κ1) is 17.9. The van der Waals surface area contributed by atoms with Gasteiger partial charge in [-0.15, -0.1) is 0 Å². The molecule has 2 amide bonds. The van der Waals surface area contributed by atoms with Crippen molar-refractivity contribution in [3.05, 3.63) is 53.9 Å². The molecule has 0 atom stereocenters. The molecule has 6 heteroatoms. The third-order valence-corrected chi connectivity index (χ3v) is 4.38. The van der Waals surface area contributed by atoms with Crippen molar-refractivity contribution in [2.75, 3.05) is 23.3 Å². The number of hydrogen-bond donors (Lipinski definition) is 2. The molecule has 2 N–H and O–H groups in total. The highest BCUT2D eigenvalue weighted by molar-refractivity contribution is 6.04. The number of carbonyl (C=O) groups excluding carboxylic acids is 2. The maximum atomic E-state index is 12.4. The van der Waals surface area contributed by atoms with Crippen LogP contribution in [0.4, 0.5) is 11.4 Å². The maximum absolute atomic E-state index is 12.4. The van der Waals surface area contributed by atoms with Gasteiger partial charge in [0.15, 0.2) is 0 Å². The summed E-state index contributed by atoms with van der Waals surface area (Å²) >= 11 is 0.